The van der Waals surface area contributed by atoms with Crippen LogP contribution in [0.15, 0.2) is 18.3 Å². The molecule has 0 atom stereocenters. The molecule has 2 N–H and O–H groups in total. The fourth-order valence-corrected chi connectivity index (χ4v) is 2.13. The molecular formula is C11H15N3O2. The minimum Gasteiger partial charge on any atom is -0.468 e. The van der Waals surface area contributed by atoms with Gasteiger partial charge < -0.3 is 14.9 Å². The summed E-state index contributed by atoms with van der Waals surface area (Å²) in [5, 5.41) is 0. The Kier molecular flexibility index (Phi) is 2.41. The number of ether oxygens (including phenoxy) is 2. The molecule has 5 heteroatoms. The number of aromatic nitrogens is 1. The predicted molar refractivity (Wildman–Crippen MR) is 59.3 cm³/mol. The molecule has 0 aromatic carbocycles. The first kappa shape index (κ1) is 9.86. The van der Waals surface area contributed by atoms with Gasteiger partial charge in [-0.15, -0.1) is 0 Å². The van der Waals surface area contributed by atoms with Crippen molar-refractivity contribution in [3.05, 3.63) is 18.3 Å². The molecule has 0 aliphatic carbocycles. The number of nitrogens with one attached hydrogen (secondary N) is 2. The topological polar surface area (TPSA) is 55.4 Å². The lowest BCUT2D eigenvalue weighted by Crippen LogP contribution is -2.49. The number of pyridine rings is 1. The third kappa shape index (κ3) is 1.72. The van der Waals surface area contributed by atoms with Crippen LogP contribution >= 0.6 is 0 Å². The van der Waals surface area contributed by atoms with Crippen molar-refractivity contribution in [3.63, 3.8) is 0 Å². The van der Waals surface area contributed by atoms with Crippen molar-refractivity contribution in [2.24, 2.45) is 0 Å². The van der Waals surface area contributed by atoms with E-state index in [1.165, 1.54) is 0 Å². The normalized spacial score (nSPS) is 22.8. The Morgan fingerprint density at radius 3 is 3.06 bits per heavy atom. The monoisotopic (exact) mass is 221 g/mol. The molecule has 0 amide bonds. The maximum absolute atomic E-state index is 6.07. The lowest BCUT2D eigenvalue weighted by molar-refractivity contribution is -0.0434. The number of hydrogen-bond donors (Lipinski definition) is 2. The van der Waals surface area contributed by atoms with Crippen LogP contribution in [0.1, 0.15) is 12.8 Å². The first-order chi connectivity index (χ1) is 7.88. The smallest absolute Gasteiger partial charge is 0.239 e. The van der Waals surface area contributed by atoms with Gasteiger partial charge in [-0.2, -0.15) is 0 Å². The maximum atomic E-state index is 6.07. The molecule has 3 rings (SSSR count). The van der Waals surface area contributed by atoms with E-state index in [0.717, 1.165) is 38.3 Å². The molecule has 1 saturated heterocycles. The van der Waals surface area contributed by atoms with Crippen LogP contribution in [-0.2, 0) is 4.74 Å². The Morgan fingerprint density at radius 1 is 1.31 bits per heavy atom. The van der Waals surface area contributed by atoms with Crippen molar-refractivity contribution in [3.8, 4) is 5.88 Å². The molecule has 2 aliphatic heterocycles. The van der Waals surface area contributed by atoms with Crippen LogP contribution in [-0.4, -0.2) is 30.3 Å². The zero-order valence-electron chi connectivity index (χ0n) is 9.03. The maximum Gasteiger partial charge on any atom is 0.239 e. The van der Waals surface area contributed by atoms with Gasteiger partial charge in [0.05, 0.1) is 19.8 Å². The van der Waals surface area contributed by atoms with E-state index in [1.54, 1.807) is 6.20 Å². The molecule has 1 aromatic rings. The van der Waals surface area contributed by atoms with Crippen LogP contribution in [0.5, 0.6) is 5.88 Å². The van der Waals surface area contributed by atoms with Gasteiger partial charge in [0.1, 0.15) is 11.3 Å². The summed E-state index contributed by atoms with van der Waals surface area (Å²) in [6.07, 6.45) is 3.55. The van der Waals surface area contributed by atoms with E-state index in [1.807, 2.05) is 12.1 Å². The molecule has 0 bridgehead atoms. The van der Waals surface area contributed by atoms with Gasteiger partial charge in [0, 0.05) is 19.0 Å². The summed E-state index contributed by atoms with van der Waals surface area (Å²) in [5.74, 6) is 0.675. The number of nitrogens with zero attached hydrogens (tertiary/aromatic N) is 1. The van der Waals surface area contributed by atoms with Crippen molar-refractivity contribution < 1.29 is 9.47 Å². The third-order valence-electron chi connectivity index (χ3n) is 3.12. The fraction of sp³-hybridized carbons (Fsp3) is 0.545. The van der Waals surface area contributed by atoms with E-state index in [4.69, 9.17) is 9.47 Å². The predicted octanol–water partition coefficient (Wildman–Crippen LogP) is 0.940. The minimum atomic E-state index is -0.176. The highest BCUT2D eigenvalue weighted by Gasteiger charge is 2.37. The van der Waals surface area contributed by atoms with Crippen LogP contribution in [0, 0.1) is 0 Å². The molecule has 3 heterocycles. The molecule has 0 unspecified atom stereocenters. The SMILES string of the molecule is c1cnc2c(c1)NNCC1(CCOCC1)O2. The summed E-state index contributed by atoms with van der Waals surface area (Å²) in [7, 11) is 0. The van der Waals surface area contributed by atoms with Crippen LogP contribution < -0.4 is 15.6 Å². The Labute approximate surface area is 94.1 Å². The number of fused-ring (bicyclic) bond motifs is 1. The molecule has 16 heavy (non-hydrogen) atoms. The number of hydrazine groups is 1. The van der Waals surface area contributed by atoms with Crippen LogP contribution in [0.2, 0.25) is 0 Å². The molecule has 2 aliphatic rings. The molecule has 5 nitrogen and oxygen atoms in total. The fourth-order valence-electron chi connectivity index (χ4n) is 2.13. The van der Waals surface area contributed by atoms with Crippen molar-refractivity contribution in [1.29, 1.82) is 0 Å². The second kappa shape index (κ2) is 3.92. The summed E-state index contributed by atoms with van der Waals surface area (Å²) in [4.78, 5) is 4.26. The Balaban J connectivity index is 1.89. The zero-order chi connectivity index (χ0) is 10.8. The minimum absolute atomic E-state index is 0.176. The number of rotatable bonds is 0. The van der Waals surface area contributed by atoms with E-state index in [2.05, 4.69) is 15.8 Å². The number of hydrogen-bond acceptors (Lipinski definition) is 5. The highest BCUT2D eigenvalue weighted by Crippen LogP contribution is 2.32. The Hall–Kier alpha value is -1.33. The Morgan fingerprint density at radius 2 is 2.19 bits per heavy atom. The van der Waals surface area contributed by atoms with Crippen molar-refractivity contribution in [2.45, 2.75) is 18.4 Å². The zero-order valence-corrected chi connectivity index (χ0v) is 9.03. The summed E-state index contributed by atoms with van der Waals surface area (Å²) in [6.45, 7) is 2.28. The Bertz CT molecular complexity index is 377. The first-order valence-corrected chi connectivity index (χ1v) is 5.59. The highest BCUT2D eigenvalue weighted by molar-refractivity contribution is 5.52. The van der Waals surface area contributed by atoms with E-state index >= 15 is 0 Å². The van der Waals surface area contributed by atoms with Crippen molar-refractivity contribution in [2.75, 3.05) is 25.2 Å². The van der Waals surface area contributed by atoms with Gasteiger partial charge in [0.25, 0.3) is 0 Å². The van der Waals surface area contributed by atoms with Gasteiger partial charge in [-0.05, 0) is 12.1 Å². The van der Waals surface area contributed by atoms with Gasteiger partial charge in [0.15, 0.2) is 0 Å². The summed E-state index contributed by atoms with van der Waals surface area (Å²) < 4.78 is 11.4. The van der Waals surface area contributed by atoms with Crippen molar-refractivity contribution in [1.82, 2.24) is 10.4 Å². The molecule has 1 fully saturated rings. The molecule has 1 spiro atoms. The van der Waals surface area contributed by atoms with Crippen LogP contribution in [0.25, 0.3) is 0 Å². The molecule has 0 radical (unpaired) electrons. The average molecular weight is 221 g/mol. The van der Waals surface area contributed by atoms with Gasteiger partial charge in [-0.1, -0.05) is 0 Å². The van der Waals surface area contributed by atoms with Crippen molar-refractivity contribution >= 4 is 5.69 Å². The largest absolute Gasteiger partial charge is 0.468 e. The first-order valence-electron chi connectivity index (χ1n) is 5.59. The van der Waals surface area contributed by atoms with E-state index in [0.29, 0.717) is 5.88 Å². The average Bonchev–Trinajstić information content (AvgIpc) is 2.49. The molecular weight excluding hydrogens is 206 g/mol. The van der Waals surface area contributed by atoms with Gasteiger partial charge in [-0.25, -0.2) is 10.4 Å². The van der Waals surface area contributed by atoms with E-state index in [-0.39, 0.29) is 5.60 Å². The second-order valence-electron chi connectivity index (χ2n) is 4.23. The summed E-state index contributed by atoms with van der Waals surface area (Å²) in [6, 6.07) is 3.84. The lowest BCUT2D eigenvalue weighted by Gasteiger charge is -2.35. The molecule has 86 valence electrons. The summed E-state index contributed by atoms with van der Waals surface area (Å²) >= 11 is 0. The lowest BCUT2D eigenvalue weighted by atomic mass is 9.94. The standard InChI is InChI=1S/C11H15N3O2/c1-2-9-10(12-5-1)16-11(8-13-14-9)3-6-15-7-4-11/h1-2,5,13-14H,3-4,6-8H2. The summed E-state index contributed by atoms with van der Waals surface area (Å²) in [5.41, 5.74) is 7.03. The second-order valence-corrected chi connectivity index (χ2v) is 4.23. The van der Waals surface area contributed by atoms with Crippen LogP contribution in [0.4, 0.5) is 5.69 Å². The molecule has 1 aromatic heterocycles. The van der Waals surface area contributed by atoms with E-state index < -0.39 is 0 Å². The third-order valence-corrected chi connectivity index (χ3v) is 3.12. The van der Waals surface area contributed by atoms with Crippen LogP contribution in [0.3, 0.4) is 0 Å². The van der Waals surface area contributed by atoms with Gasteiger partial charge in [0.2, 0.25) is 5.88 Å². The quantitative estimate of drug-likeness (QED) is 0.683. The number of anilines is 1. The van der Waals surface area contributed by atoms with Gasteiger partial charge in [-0.3, -0.25) is 0 Å². The van der Waals surface area contributed by atoms with E-state index in [9.17, 15) is 0 Å². The molecule has 0 saturated carbocycles. The highest BCUT2D eigenvalue weighted by atomic mass is 16.5. The van der Waals surface area contributed by atoms with Gasteiger partial charge >= 0.3 is 0 Å².